The van der Waals surface area contributed by atoms with Crippen molar-refractivity contribution >= 4 is 17.5 Å². The van der Waals surface area contributed by atoms with Gasteiger partial charge in [-0.15, -0.1) is 0 Å². The summed E-state index contributed by atoms with van der Waals surface area (Å²) in [4.78, 5) is 26.6. The van der Waals surface area contributed by atoms with Crippen LogP contribution in [0.15, 0.2) is 48.5 Å². The summed E-state index contributed by atoms with van der Waals surface area (Å²) >= 11 is 0. The molecule has 1 atom stereocenters. The van der Waals surface area contributed by atoms with Crippen LogP contribution in [-0.2, 0) is 11.3 Å². The summed E-state index contributed by atoms with van der Waals surface area (Å²) in [6.07, 6.45) is 4.69. The summed E-state index contributed by atoms with van der Waals surface area (Å²) in [7, 11) is 0. The van der Waals surface area contributed by atoms with Gasteiger partial charge in [-0.1, -0.05) is 18.6 Å². The molecule has 1 heterocycles. The number of piperidine rings is 1. The fourth-order valence-corrected chi connectivity index (χ4v) is 3.70. The zero-order valence-electron chi connectivity index (χ0n) is 17.5. The van der Waals surface area contributed by atoms with Gasteiger partial charge in [-0.3, -0.25) is 14.5 Å². The Labute approximate surface area is 177 Å². The molecule has 5 nitrogen and oxygen atoms in total. The van der Waals surface area contributed by atoms with Crippen LogP contribution in [0, 0.1) is 5.82 Å². The summed E-state index contributed by atoms with van der Waals surface area (Å²) in [5.41, 5.74) is 2.44. The lowest BCUT2D eigenvalue weighted by Gasteiger charge is -2.33. The monoisotopic (exact) mass is 411 g/mol. The van der Waals surface area contributed by atoms with Crippen molar-refractivity contribution in [2.24, 2.45) is 0 Å². The molecule has 1 saturated heterocycles. The van der Waals surface area contributed by atoms with E-state index in [0.29, 0.717) is 31.0 Å². The van der Waals surface area contributed by atoms with E-state index in [9.17, 15) is 14.0 Å². The van der Waals surface area contributed by atoms with Crippen LogP contribution >= 0.6 is 0 Å². The third kappa shape index (κ3) is 6.66. The topological polar surface area (TPSA) is 61.4 Å². The van der Waals surface area contributed by atoms with Crippen LogP contribution in [0.4, 0.5) is 10.1 Å². The van der Waals surface area contributed by atoms with Crippen molar-refractivity contribution in [1.29, 1.82) is 0 Å². The van der Waals surface area contributed by atoms with Crippen molar-refractivity contribution in [3.05, 3.63) is 65.5 Å². The van der Waals surface area contributed by atoms with Gasteiger partial charge >= 0.3 is 0 Å². The molecule has 1 aliphatic heterocycles. The Kier molecular flexibility index (Phi) is 7.97. The second-order valence-electron chi connectivity index (χ2n) is 7.93. The number of likely N-dealkylation sites (tertiary alicyclic amines) is 1. The van der Waals surface area contributed by atoms with Gasteiger partial charge in [0.2, 0.25) is 5.91 Å². The van der Waals surface area contributed by atoms with Crippen LogP contribution < -0.4 is 10.6 Å². The Balaban J connectivity index is 1.36. The summed E-state index contributed by atoms with van der Waals surface area (Å²) in [6.45, 7) is 4.77. The van der Waals surface area contributed by atoms with Crippen LogP contribution in [0.25, 0.3) is 0 Å². The van der Waals surface area contributed by atoms with Crippen LogP contribution in [-0.4, -0.2) is 35.8 Å². The van der Waals surface area contributed by atoms with Gasteiger partial charge in [0.05, 0.1) is 0 Å². The van der Waals surface area contributed by atoms with Gasteiger partial charge in [-0.25, -0.2) is 4.39 Å². The fourth-order valence-electron chi connectivity index (χ4n) is 3.70. The van der Waals surface area contributed by atoms with Gasteiger partial charge in [-0.05, 0) is 74.7 Å². The number of rotatable bonds is 8. The molecular formula is C24H30FN3O2. The molecule has 30 heavy (non-hydrogen) atoms. The molecule has 0 bridgehead atoms. The highest BCUT2D eigenvalue weighted by Crippen LogP contribution is 2.20. The molecule has 1 fully saturated rings. The molecule has 0 aromatic heterocycles. The number of halogens is 1. The Bertz CT molecular complexity index is 837. The maximum atomic E-state index is 12.9. The molecule has 0 saturated carbocycles. The molecule has 2 N–H and O–H groups in total. The Morgan fingerprint density at radius 1 is 1.07 bits per heavy atom. The van der Waals surface area contributed by atoms with E-state index in [2.05, 4.69) is 34.6 Å². The van der Waals surface area contributed by atoms with E-state index < -0.39 is 0 Å². The highest BCUT2D eigenvalue weighted by molar-refractivity contribution is 5.94. The highest BCUT2D eigenvalue weighted by Gasteiger charge is 2.18. The fraction of sp³-hybridized carbons (Fsp3) is 0.417. The van der Waals surface area contributed by atoms with Crippen molar-refractivity contribution < 1.29 is 14.0 Å². The summed E-state index contributed by atoms with van der Waals surface area (Å²) in [5, 5.41) is 5.64. The van der Waals surface area contributed by atoms with Crippen molar-refractivity contribution in [3.63, 3.8) is 0 Å². The number of hydrogen-bond donors (Lipinski definition) is 2. The van der Waals surface area contributed by atoms with Crippen LogP contribution in [0.2, 0.25) is 0 Å². The summed E-state index contributed by atoms with van der Waals surface area (Å²) < 4.78 is 12.9. The third-order valence-electron chi connectivity index (χ3n) is 5.54. The van der Waals surface area contributed by atoms with E-state index in [4.69, 9.17) is 0 Å². The number of nitrogens with zero attached hydrogens (tertiary/aromatic N) is 1. The van der Waals surface area contributed by atoms with Crippen LogP contribution in [0.1, 0.15) is 54.9 Å². The molecule has 6 heteroatoms. The smallest absolute Gasteiger partial charge is 0.251 e. The number of anilines is 1. The van der Waals surface area contributed by atoms with Crippen LogP contribution in [0.5, 0.6) is 0 Å². The molecule has 2 aromatic carbocycles. The number of benzene rings is 2. The maximum absolute atomic E-state index is 12.9. The first-order valence-corrected chi connectivity index (χ1v) is 10.7. The first-order chi connectivity index (χ1) is 14.5. The van der Waals surface area contributed by atoms with Crippen molar-refractivity contribution in [2.45, 2.75) is 51.6 Å². The Morgan fingerprint density at radius 2 is 1.80 bits per heavy atom. The SMILES string of the molecule is CC1CCCCN1Cc1ccc(NC(=O)CCCNC(=O)c2ccc(F)cc2)cc1. The first-order valence-electron chi connectivity index (χ1n) is 10.7. The normalized spacial score (nSPS) is 16.8. The standard InChI is InChI=1S/C24H30FN3O2/c1-18-5-2-3-16-28(18)17-19-7-13-22(14-8-19)27-23(29)6-4-15-26-24(30)20-9-11-21(25)12-10-20/h7-14,18H,2-6,15-17H2,1H3,(H,26,30)(H,27,29). The first kappa shape index (κ1) is 22.0. The van der Waals surface area contributed by atoms with Crippen molar-refractivity contribution in [2.75, 3.05) is 18.4 Å². The highest BCUT2D eigenvalue weighted by atomic mass is 19.1. The molecule has 160 valence electrons. The molecular weight excluding hydrogens is 381 g/mol. The molecule has 1 aliphatic rings. The zero-order valence-corrected chi connectivity index (χ0v) is 17.5. The van der Waals surface area contributed by atoms with E-state index in [1.807, 2.05) is 12.1 Å². The molecule has 2 amide bonds. The largest absolute Gasteiger partial charge is 0.352 e. The lowest BCUT2D eigenvalue weighted by molar-refractivity contribution is -0.116. The number of hydrogen-bond acceptors (Lipinski definition) is 3. The predicted octanol–water partition coefficient (Wildman–Crippen LogP) is 4.35. The second-order valence-corrected chi connectivity index (χ2v) is 7.93. The molecule has 3 rings (SSSR count). The van der Waals surface area contributed by atoms with Gasteiger partial charge < -0.3 is 10.6 Å². The molecule has 0 spiro atoms. The predicted molar refractivity (Wildman–Crippen MR) is 117 cm³/mol. The minimum absolute atomic E-state index is 0.0802. The molecule has 1 unspecified atom stereocenters. The van der Waals surface area contributed by atoms with Gasteiger partial charge in [0.25, 0.3) is 5.91 Å². The number of carbonyl (C=O) groups is 2. The average molecular weight is 412 g/mol. The van der Waals surface area contributed by atoms with Crippen molar-refractivity contribution in [1.82, 2.24) is 10.2 Å². The van der Waals surface area contributed by atoms with E-state index in [-0.39, 0.29) is 17.6 Å². The van der Waals surface area contributed by atoms with Gasteiger partial charge in [0, 0.05) is 36.8 Å². The maximum Gasteiger partial charge on any atom is 0.251 e. The minimum Gasteiger partial charge on any atom is -0.352 e. The second kappa shape index (κ2) is 10.9. The van der Waals surface area contributed by atoms with Crippen LogP contribution in [0.3, 0.4) is 0 Å². The van der Waals surface area contributed by atoms with Crippen molar-refractivity contribution in [3.8, 4) is 0 Å². The van der Waals surface area contributed by atoms with Gasteiger partial charge in [0.15, 0.2) is 0 Å². The van der Waals surface area contributed by atoms with E-state index in [1.165, 1.54) is 49.1 Å². The average Bonchev–Trinajstić information content (AvgIpc) is 2.74. The lowest BCUT2D eigenvalue weighted by atomic mass is 10.0. The quantitative estimate of drug-likeness (QED) is 0.635. The number of carbonyl (C=O) groups excluding carboxylic acids is 2. The summed E-state index contributed by atoms with van der Waals surface area (Å²) in [5.74, 6) is -0.727. The lowest BCUT2D eigenvalue weighted by Crippen LogP contribution is -2.36. The number of nitrogens with one attached hydrogen (secondary N) is 2. The minimum atomic E-state index is -0.377. The Hall–Kier alpha value is -2.73. The Morgan fingerprint density at radius 3 is 2.50 bits per heavy atom. The zero-order chi connectivity index (χ0) is 21.3. The molecule has 0 aliphatic carbocycles. The molecule has 0 radical (unpaired) electrons. The van der Waals surface area contributed by atoms with E-state index in [1.54, 1.807) is 0 Å². The molecule has 2 aromatic rings. The third-order valence-corrected chi connectivity index (χ3v) is 5.54. The van der Waals surface area contributed by atoms with E-state index in [0.717, 1.165) is 18.8 Å². The summed E-state index contributed by atoms with van der Waals surface area (Å²) in [6, 6.07) is 14.0. The number of amides is 2. The van der Waals surface area contributed by atoms with E-state index >= 15 is 0 Å². The van der Waals surface area contributed by atoms with Gasteiger partial charge in [0.1, 0.15) is 5.82 Å². The van der Waals surface area contributed by atoms with Gasteiger partial charge in [-0.2, -0.15) is 0 Å².